The molecule has 0 atom stereocenters. The van der Waals surface area contributed by atoms with Gasteiger partial charge in [0.2, 0.25) is 9.84 Å². The number of hydrogen-bond donors (Lipinski definition) is 0. The highest BCUT2D eigenvalue weighted by atomic mass is 32.2. The number of carbonyl (C=O) groups excluding carboxylic acids is 1. The molecule has 0 spiro atoms. The second-order valence-corrected chi connectivity index (χ2v) is 7.20. The van der Waals surface area contributed by atoms with Gasteiger partial charge in [-0.3, -0.25) is 0 Å². The number of methoxy groups -OCH3 is 1. The van der Waals surface area contributed by atoms with Crippen LogP contribution in [0.4, 0.5) is 15.8 Å². The molecule has 0 radical (unpaired) electrons. The molecule has 1 aliphatic rings. The average molecular weight is 347 g/mol. The van der Waals surface area contributed by atoms with Crippen molar-refractivity contribution in [2.24, 2.45) is 0 Å². The van der Waals surface area contributed by atoms with Gasteiger partial charge in [-0.1, -0.05) is 12.1 Å². The molecule has 1 heterocycles. The fourth-order valence-electron chi connectivity index (χ4n) is 2.54. The van der Waals surface area contributed by atoms with E-state index in [-0.39, 0.29) is 10.6 Å². The van der Waals surface area contributed by atoms with E-state index in [1.807, 2.05) is 13.0 Å². The number of sulfone groups is 1. The summed E-state index contributed by atoms with van der Waals surface area (Å²) >= 11 is 0. The lowest BCUT2D eigenvalue weighted by Gasteiger charge is -2.28. The maximum Gasteiger partial charge on any atom is 0.351 e. The SMILES string of the molecule is COC(=O)C1=CN(c2cccc(C)c2)c2cc(F)ccc2S1(=O)=O. The third-order valence-corrected chi connectivity index (χ3v) is 5.45. The predicted octanol–water partition coefficient (Wildman–Crippen LogP) is 3.07. The van der Waals surface area contributed by atoms with Gasteiger partial charge in [0, 0.05) is 11.9 Å². The van der Waals surface area contributed by atoms with Gasteiger partial charge >= 0.3 is 5.97 Å². The van der Waals surface area contributed by atoms with Crippen molar-refractivity contribution >= 4 is 27.2 Å². The van der Waals surface area contributed by atoms with E-state index in [9.17, 15) is 17.6 Å². The maximum atomic E-state index is 13.7. The van der Waals surface area contributed by atoms with Crippen molar-refractivity contribution in [3.8, 4) is 0 Å². The number of halogens is 1. The van der Waals surface area contributed by atoms with Gasteiger partial charge in [-0.15, -0.1) is 0 Å². The van der Waals surface area contributed by atoms with E-state index in [0.29, 0.717) is 5.69 Å². The lowest BCUT2D eigenvalue weighted by Crippen LogP contribution is -2.26. The zero-order valence-corrected chi connectivity index (χ0v) is 13.8. The summed E-state index contributed by atoms with van der Waals surface area (Å²) in [6, 6.07) is 10.5. The predicted molar refractivity (Wildman–Crippen MR) is 87.0 cm³/mol. The van der Waals surface area contributed by atoms with E-state index < -0.39 is 26.5 Å². The average Bonchev–Trinajstić information content (AvgIpc) is 2.54. The second kappa shape index (κ2) is 5.76. The zero-order valence-electron chi connectivity index (χ0n) is 13.0. The summed E-state index contributed by atoms with van der Waals surface area (Å²) < 4.78 is 43.6. The minimum absolute atomic E-state index is 0.145. The summed E-state index contributed by atoms with van der Waals surface area (Å²) in [5.41, 5.74) is 1.69. The van der Waals surface area contributed by atoms with E-state index >= 15 is 0 Å². The molecule has 7 heteroatoms. The quantitative estimate of drug-likeness (QED) is 0.617. The third kappa shape index (κ3) is 2.56. The first kappa shape index (κ1) is 16.2. The van der Waals surface area contributed by atoms with Crippen LogP contribution in [0, 0.1) is 12.7 Å². The molecule has 2 aromatic rings. The Morgan fingerprint density at radius 2 is 1.92 bits per heavy atom. The van der Waals surface area contributed by atoms with Crippen LogP contribution in [-0.2, 0) is 19.4 Å². The van der Waals surface area contributed by atoms with Crippen LogP contribution < -0.4 is 4.90 Å². The van der Waals surface area contributed by atoms with Gasteiger partial charge in [0.05, 0.1) is 17.7 Å². The Bertz CT molecular complexity index is 966. The zero-order chi connectivity index (χ0) is 17.5. The molecular weight excluding hydrogens is 333 g/mol. The highest BCUT2D eigenvalue weighted by Gasteiger charge is 2.36. The smallest absolute Gasteiger partial charge is 0.351 e. The van der Waals surface area contributed by atoms with Gasteiger partial charge in [0.1, 0.15) is 5.82 Å². The summed E-state index contributed by atoms with van der Waals surface area (Å²) in [5, 5.41) is 0. The van der Waals surface area contributed by atoms with Crippen LogP contribution in [0.3, 0.4) is 0 Å². The molecule has 3 rings (SSSR count). The first-order chi connectivity index (χ1) is 11.3. The molecule has 0 fully saturated rings. The Hall–Kier alpha value is -2.67. The first-order valence-corrected chi connectivity index (χ1v) is 8.53. The van der Waals surface area contributed by atoms with Gasteiger partial charge in [-0.25, -0.2) is 17.6 Å². The van der Waals surface area contributed by atoms with Crippen molar-refractivity contribution in [2.75, 3.05) is 12.0 Å². The molecule has 0 N–H and O–H groups in total. The van der Waals surface area contributed by atoms with Crippen LogP contribution in [-0.4, -0.2) is 21.5 Å². The number of esters is 1. The van der Waals surface area contributed by atoms with Gasteiger partial charge < -0.3 is 9.64 Å². The summed E-state index contributed by atoms with van der Waals surface area (Å²) in [6.45, 7) is 1.88. The van der Waals surface area contributed by atoms with Crippen molar-refractivity contribution in [1.29, 1.82) is 0 Å². The van der Waals surface area contributed by atoms with Crippen LogP contribution in [0.25, 0.3) is 0 Å². The van der Waals surface area contributed by atoms with Crippen molar-refractivity contribution < 1.29 is 22.3 Å². The Labute approximate surface area is 138 Å². The molecule has 0 unspecified atom stereocenters. The van der Waals surface area contributed by atoms with Crippen LogP contribution in [0.1, 0.15) is 5.56 Å². The molecule has 0 saturated heterocycles. The minimum Gasteiger partial charge on any atom is -0.465 e. The van der Waals surface area contributed by atoms with Gasteiger partial charge in [-0.2, -0.15) is 0 Å². The molecule has 0 bridgehead atoms. The second-order valence-electron chi connectivity index (χ2n) is 5.31. The molecular formula is C17H14FNO4S. The molecule has 0 aliphatic carbocycles. The summed E-state index contributed by atoms with van der Waals surface area (Å²) in [4.78, 5) is 12.8. The Kier molecular flexibility index (Phi) is 3.88. The molecule has 0 saturated carbocycles. The van der Waals surface area contributed by atoms with E-state index in [1.165, 1.54) is 4.90 Å². The molecule has 5 nitrogen and oxygen atoms in total. The molecule has 24 heavy (non-hydrogen) atoms. The number of nitrogens with zero attached hydrogens (tertiary/aromatic N) is 1. The Morgan fingerprint density at radius 1 is 1.17 bits per heavy atom. The lowest BCUT2D eigenvalue weighted by molar-refractivity contribution is -0.135. The summed E-state index contributed by atoms with van der Waals surface area (Å²) in [7, 11) is -2.98. The number of aryl methyl sites for hydroxylation is 1. The van der Waals surface area contributed by atoms with Crippen molar-refractivity contribution in [1.82, 2.24) is 0 Å². The maximum absolute atomic E-state index is 13.7. The highest BCUT2D eigenvalue weighted by molar-refractivity contribution is 7.96. The van der Waals surface area contributed by atoms with Crippen molar-refractivity contribution in [3.05, 3.63) is 65.0 Å². The van der Waals surface area contributed by atoms with Crippen LogP contribution in [0.2, 0.25) is 0 Å². The molecule has 0 amide bonds. The van der Waals surface area contributed by atoms with Crippen LogP contribution in [0.15, 0.2) is 58.5 Å². The van der Waals surface area contributed by atoms with Crippen molar-refractivity contribution in [3.63, 3.8) is 0 Å². The lowest BCUT2D eigenvalue weighted by atomic mass is 10.2. The Balaban J connectivity index is 2.31. The first-order valence-electron chi connectivity index (χ1n) is 7.05. The fraction of sp³-hybridized carbons (Fsp3) is 0.118. The number of carbonyl (C=O) groups is 1. The topological polar surface area (TPSA) is 63.7 Å². The molecule has 1 aliphatic heterocycles. The third-order valence-electron chi connectivity index (χ3n) is 3.67. The largest absolute Gasteiger partial charge is 0.465 e. The molecule has 2 aromatic carbocycles. The van der Waals surface area contributed by atoms with Gasteiger partial charge in [0.25, 0.3) is 0 Å². The highest BCUT2D eigenvalue weighted by Crippen LogP contribution is 2.40. The standard InChI is InChI=1S/C17H14FNO4S/c1-11-4-3-5-13(8-11)19-10-16(17(20)23-2)24(21,22)15-7-6-12(18)9-14(15)19/h3-10H,1-2H3. The summed E-state index contributed by atoms with van der Waals surface area (Å²) in [6.07, 6.45) is 1.16. The number of anilines is 2. The minimum atomic E-state index is -4.08. The normalized spacial score (nSPS) is 15.5. The summed E-state index contributed by atoms with van der Waals surface area (Å²) in [5.74, 6) is -1.54. The van der Waals surface area contributed by atoms with E-state index in [2.05, 4.69) is 4.74 Å². The molecule has 0 aromatic heterocycles. The number of ether oxygens (including phenoxy) is 1. The number of fused-ring (bicyclic) bond motifs is 1. The van der Waals surface area contributed by atoms with E-state index in [4.69, 9.17) is 0 Å². The van der Waals surface area contributed by atoms with Crippen LogP contribution in [0.5, 0.6) is 0 Å². The Morgan fingerprint density at radius 3 is 2.58 bits per heavy atom. The number of hydrogen-bond acceptors (Lipinski definition) is 5. The molecule has 124 valence electrons. The van der Waals surface area contributed by atoms with E-state index in [1.54, 1.807) is 18.2 Å². The monoisotopic (exact) mass is 347 g/mol. The van der Waals surface area contributed by atoms with Gasteiger partial charge in [0.15, 0.2) is 4.91 Å². The van der Waals surface area contributed by atoms with Gasteiger partial charge in [-0.05, 0) is 42.8 Å². The fourth-order valence-corrected chi connectivity index (χ4v) is 4.00. The number of rotatable bonds is 2. The number of benzene rings is 2. The van der Waals surface area contributed by atoms with E-state index in [0.717, 1.165) is 37.1 Å². The van der Waals surface area contributed by atoms with Crippen molar-refractivity contribution in [2.45, 2.75) is 11.8 Å². The van der Waals surface area contributed by atoms with Crippen LogP contribution >= 0.6 is 0 Å².